The van der Waals surface area contributed by atoms with Crippen LogP contribution in [0.15, 0.2) is 60.7 Å². The minimum atomic E-state index is -2.43. The smallest absolute Gasteiger partial charge is 0.306 e. The molecule has 0 unspecified atom stereocenters. The van der Waals surface area contributed by atoms with Crippen molar-refractivity contribution in [3.63, 3.8) is 0 Å². The second-order valence-electron chi connectivity index (χ2n) is 4.30. The predicted octanol–water partition coefficient (Wildman–Crippen LogP) is 6.55. The number of ether oxygens (including phenoxy) is 1. The molecule has 7 heteroatoms. The lowest BCUT2D eigenvalue weighted by atomic mass is 10.2. The molecule has 2 aromatic rings. The largest absolute Gasteiger partial charge is 0.457 e. The van der Waals surface area contributed by atoms with E-state index in [0.717, 1.165) is 24.3 Å². The van der Waals surface area contributed by atoms with Gasteiger partial charge in [-0.05, 0) is 48.5 Å². The fraction of sp³-hybridized carbons (Fsp3) is 0. The maximum atomic E-state index is 13.0. The van der Waals surface area contributed by atoms with E-state index in [1.807, 2.05) is 0 Å². The average Bonchev–Trinajstić information content (AvgIpc) is 2.54. The molecule has 0 N–H and O–H groups in total. The molecule has 0 bridgehead atoms. The summed E-state index contributed by atoms with van der Waals surface area (Å²) in [4.78, 5) is 0. The Balaban J connectivity index is 2.14. The Morgan fingerprint density at radius 3 is 1.09 bits per heavy atom. The molecule has 0 saturated heterocycles. The van der Waals surface area contributed by atoms with Crippen LogP contribution in [0.5, 0.6) is 11.5 Å². The first kappa shape index (κ1) is 16.7. The van der Waals surface area contributed by atoms with Gasteiger partial charge in [-0.2, -0.15) is 17.6 Å². The monoisotopic (exact) mass is 330 g/mol. The van der Waals surface area contributed by atoms with Crippen molar-refractivity contribution in [2.75, 3.05) is 0 Å². The molecule has 0 aliphatic heterocycles. The van der Waals surface area contributed by atoms with Gasteiger partial charge in [-0.1, -0.05) is 0 Å². The Kier molecular flexibility index (Phi) is 5.10. The first-order valence-corrected chi connectivity index (χ1v) is 6.18. The summed E-state index contributed by atoms with van der Waals surface area (Å²) in [6, 6.07) is 9.41. The van der Waals surface area contributed by atoms with Crippen LogP contribution in [-0.4, -0.2) is 0 Å². The summed E-state index contributed by atoms with van der Waals surface area (Å²) >= 11 is 0. The lowest BCUT2D eigenvalue weighted by Crippen LogP contribution is -1.86. The van der Waals surface area contributed by atoms with E-state index in [-0.39, 0.29) is 22.6 Å². The molecule has 23 heavy (non-hydrogen) atoms. The van der Waals surface area contributed by atoms with Gasteiger partial charge in [0.1, 0.15) is 11.5 Å². The van der Waals surface area contributed by atoms with E-state index in [0.29, 0.717) is 0 Å². The topological polar surface area (TPSA) is 9.23 Å². The van der Waals surface area contributed by atoms with Crippen LogP contribution < -0.4 is 4.74 Å². The first-order valence-electron chi connectivity index (χ1n) is 6.18. The summed E-state index contributed by atoms with van der Waals surface area (Å²) in [5, 5.41) is 0. The number of benzene rings is 2. The van der Waals surface area contributed by atoms with E-state index >= 15 is 0 Å². The molecular formula is C16H8F6O. The van der Waals surface area contributed by atoms with E-state index in [4.69, 9.17) is 4.74 Å². The normalized spacial score (nSPS) is 10.2. The second kappa shape index (κ2) is 7.04. The van der Waals surface area contributed by atoms with Crippen LogP contribution in [0.3, 0.4) is 0 Å². The summed E-state index contributed by atoms with van der Waals surface area (Å²) in [5.41, 5.74) is -0.614. The Labute approximate surface area is 127 Å². The number of rotatable bonds is 4. The van der Waals surface area contributed by atoms with Crippen LogP contribution in [0.2, 0.25) is 0 Å². The summed E-state index contributed by atoms with van der Waals surface area (Å²) in [6.45, 7) is 0. The first-order chi connectivity index (χ1) is 10.9. The van der Waals surface area contributed by atoms with Gasteiger partial charge in [0.05, 0.1) is 0 Å². The van der Waals surface area contributed by atoms with Crippen LogP contribution in [0.4, 0.5) is 26.3 Å². The van der Waals surface area contributed by atoms with Gasteiger partial charge < -0.3 is 4.74 Å². The minimum absolute atomic E-state index is 0.209. The maximum Gasteiger partial charge on any atom is 0.306 e. The highest BCUT2D eigenvalue weighted by molar-refractivity contribution is 5.61. The Hall–Kier alpha value is -2.70. The van der Waals surface area contributed by atoms with Crippen molar-refractivity contribution in [3.05, 3.63) is 71.8 Å². The van der Waals surface area contributed by atoms with Crippen LogP contribution >= 0.6 is 0 Å². The lowest BCUT2D eigenvalue weighted by Gasteiger charge is -2.07. The van der Waals surface area contributed by atoms with Crippen LogP contribution in [0, 0.1) is 0 Å². The Bertz CT molecular complexity index is 674. The van der Waals surface area contributed by atoms with Crippen molar-refractivity contribution in [3.8, 4) is 11.5 Å². The molecule has 1 nitrogen and oxygen atoms in total. The van der Waals surface area contributed by atoms with E-state index < -0.39 is 23.8 Å². The molecule has 2 rings (SSSR count). The SMILES string of the molecule is FC(F)=C(F)c1ccc(Oc2ccc(C(F)=C(F)F)cc2)cc1. The third-order valence-corrected chi connectivity index (χ3v) is 2.78. The van der Waals surface area contributed by atoms with Crippen molar-refractivity contribution in [2.45, 2.75) is 0 Å². The molecule has 0 radical (unpaired) electrons. The lowest BCUT2D eigenvalue weighted by molar-refractivity contribution is 0.410. The van der Waals surface area contributed by atoms with Gasteiger partial charge in [0.15, 0.2) is 11.7 Å². The second-order valence-corrected chi connectivity index (χ2v) is 4.30. The number of halogens is 6. The van der Waals surface area contributed by atoms with Crippen molar-refractivity contribution < 1.29 is 31.1 Å². The van der Waals surface area contributed by atoms with Gasteiger partial charge in [-0.15, -0.1) is 0 Å². The summed E-state index contributed by atoms with van der Waals surface area (Å²) in [7, 11) is 0. The fourth-order valence-corrected chi connectivity index (χ4v) is 1.69. The molecule has 120 valence electrons. The summed E-state index contributed by atoms with van der Waals surface area (Å²) in [5.74, 6) is -2.84. The Morgan fingerprint density at radius 1 is 0.522 bits per heavy atom. The van der Waals surface area contributed by atoms with Crippen LogP contribution in [-0.2, 0) is 0 Å². The highest BCUT2D eigenvalue weighted by atomic mass is 19.3. The molecule has 0 aromatic heterocycles. The quantitative estimate of drug-likeness (QED) is 0.578. The van der Waals surface area contributed by atoms with Gasteiger partial charge >= 0.3 is 12.2 Å². The highest BCUT2D eigenvalue weighted by Crippen LogP contribution is 2.28. The molecular weight excluding hydrogens is 322 g/mol. The van der Waals surface area contributed by atoms with E-state index in [2.05, 4.69) is 0 Å². The molecule has 0 atom stereocenters. The number of hydrogen-bond acceptors (Lipinski definition) is 1. The third kappa shape index (κ3) is 4.15. The number of hydrogen-bond donors (Lipinski definition) is 0. The van der Waals surface area contributed by atoms with Crippen molar-refractivity contribution >= 4 is 11.7 Å². The molecule has 0 spiro atoms. The molecule has 0 fully saturated rings. The highest BCUT2D eigenvalue weighted by Gasteiger charge is 2.10. The minimum Gasteiger partial charge on any atom is -0.457 e. The molecule has 0 aliphatic rings. The zero-order valence-corrected chi connectivity index (χ0v) is 11.3. The zero-order chi connectivity index (χ0) is 17.0. The van der Waals surface area contributed by atoms with Gasteiger partial charge in [0.25, 0.3) is 0 Å². The molecule has 2 aromatic carbocycles. The summed E-state index contributed by atoms with van der Waals surface area (Å²) < 4.78 is 79.7. The van der Waals surface area contributed by atoms with Crippen molar-refractivity contribution in [1.82, 2.24) is 0 Å². The van der Waals surface area contributed by atoms with Crippen LogP contribution in [0.1, 0.15) is 11.1 Å². The summed E-state index contributed by atoms with van der Waals surface area (Å²) in [6.07, 6.45) is -4.85. The predicted molar refractivity (Wildman–Crippen MR) is 73.4 cm³/mol. The van der Waals surface area contributed by atoms with Gasteiger partial charge in [0, 0.05) is 11.1 Å². The maximum absolute atomic E-state index is 13.0. The molecule has 0 aliphatic carbocycles. The van der Waals surface area contributed by atoms with Crippen molar-refractivity contribution in [1.29, 1.82) is 0 Å². The van der Waals surface area contributed by atoms with E-state index in [9.17, 15) is 26.3 Å². The molecule has 0 amide bonds. The van der Waals surface area contributed by atoms with Gasteiger partial charge in [-0.25, -0.2) is 8.78 Å². The van der Waals surface area contributed by atoms with E-state index in [1.165, 1.54) is 24.3 Å². The fourth-order valence-electron chi connectivity index (χ4n) is 1.69. The third-order valence-electron chi connectivity index (χ3n) is 2.78. The van der Waals surface area contributed by atoms with Gasteiger partial charge in [-0.3, -0.25) is 0 Å². The Morgan fingerprint density at radius 2 is 0.826 bits per heavy atom. The van der Waals surface area contributed by atoms with Crippen LogP contribution in [0.25, 0.3) is 11.7 Å². The molecule has 0 heterocycles. The molecule has 0 saturated carbocycles. The van der Waals surface area contributed by atoms with Gasteiger partial charge in [0.2, 0.25) is 0 Å². The standard InChI is InChI=1S/C16H8F6O/c17-13(15(19)20)9-1-5-11(6-2-9)23-12-7-3-10(4-8-12)14(18)16(21)22/h1-8H. The van der Waals surface area contributed by atoms with E-state index in [1.54, 1.807) is 0 Å². The average molecular weight is 330 g/mol. The van der Waals surface area contributed by atoms with Crippen molar-refractivity contribution in [2.24, 2.45) is 0 Å². The zero-order valence-electron chi connectivity index (χ0n) is 11.3.